The van der Waals surface area contributed by atoms with E-state index in [9.17, 15) is 14.9 Å². The Balaban J connectivity index is 1.52. The van der Waals surface area contributed by atoms with Gasteiger partial charge in [0.2, 0.25) is 5.91 Å². The minimum absolute atomic E-state index is 0.0506. The van der Waals surface area contributed by atoms with Crippen molar-refractivity contribution in [1.82, 2.24) is 5.43 Å². The average Bonchev–Trinajstić information content (AvgIpc) is 3.53. The number of nitrogens with zero attached hydrogens (tertiary/aromatic N) is 2. The first kappa shape index (κ1) is 19.8. The fourth-order valence-electron chi connectivity index (χ4n) is 3.85. The molecular weight excluding hydrogens is 402 g/mol. The summed E-state index contributed by atoms with van der Waals surface area (Å²) in [6, 6.07) is 24.3. The average molecular weight is 420 g/mol. The van der Waals surface area contributed by atoms with Crippen molar-refractivity contribution in [2.45, 2.75) is 11.8 Å². The smallest absolute Gasteiger partial charge is 0.273 e. The van der Waals surface area contributed by atoms with E-state index in [4.69, 9.17) is 11.6 Å². The normalized spacial score (nSPS) is 16.9. The fraction of sp³-hybridized carbons (Fsp3) is 0.130. The van der Waals surface area contributed by atoms with Gasteiger partial charge in [0, 0.05) is 17.0 Å². The van der Waals surface area contributed by atoms with Crippen molar-refractivity contribution in [1.29, 1.82) is 0 Å². The summed E-state index contributed by atoms with van der Waals surface area (Å²) in [6.07, 6.45) is 2.06. The highest BCUT2D eigenvalue weighted by Gasteiger charge is 2.60. The minimum atomic E-state index is -0.559. The highest BCUT2D eigenvalue weighted by molar-refractivity contribution is 6.32. The Morgan fingerprint density at radius 3 is 2.23 bits per heavy atom. The Morgan fingerprint density at radius 2 is 1.67 bits per heavy atom. The van der Waals surface area contributed by atoms with Crippen LogP contribution in [0.5, 0.6) is 0 Å². The van der Waals surface area contributed by atoms with Gasteiger partial charge in [-0.2, -0.15) is 5.10 Å². The molecule has 0 aliphatic heterocycles. The van der Waals surface area contributed by atoms with E-state index in [1.54, 1.807) is 6.07 Å². The van der Waals surface area contributed by atoms with Crippen LogP contribution in [-0.2, 0) is 10.2 Å². The van der Waals surface area contributed by atoms with Gasteiger partial charge in [0.15, 0.2) is 0 Å². The van der Waals surface area contributed by atoms with Crippen LogP contribution in [0.2, 0.25) is 5.02 Å². The summed E-state index contributed by atoms with van der Waals surface area (Å²) in [5.74, 6) is -0.443. The standard InChI is InChI=1S/C23H18ClN3O3/c24-20-12-11-16(13-21(20)27(29)30)15-25-26-22(28)19-14-23(19,17-7-3-1-4-8-17)18-9-5-2-6-10-18/h1-13,15,19H,14H2,(H,26,28)/b25-15-/t19-/m0/s1. The number of halogens is 1. The molecule has 150 valence electrons. The van der Waals surface area contributed by atoms with Gasteiger partial charge in [0.05, 0.1) is 17.1 Å². The van der Waals surface area contributed by atoms with Gasteiger partial charge in [-0.05, 0) is 23.6 Å². The number of hydrazone groups is 1. The van der Waals surface area contributed by atoms with E-state index in [1.165, 1.54) is 18.3 Å². The Bertz CT molecular complexity index is 1080. The number of rotatable bonds is 6. The van der Waals surface area contributed by atoms with E-state index in [0.717, 1.165) is 11.1 Å². The molecular formula is C23H18ClN3O3. The summed E-state index contributed by atoms with van der Waals surface area (Å²) in [5, 5.41) is 15.0. The first-order chi connectivity index (χ1) is 14.5. The molecule has 3 aromatic rings. The second-order valence-electron chi connectivity index (χ2n) is 7.16. The van der Waals surface area contributed by atoms with E-state index in [2.05, 4.69) is 10.5 Å². The summed E-state index contributed by atoms with van der Waals surface area (Å²) < 4.78 is 0. The molecule has 0 aromatic heterocycles. The number of nitro benzene ring substituents is 1. The van der Waals surface area contributed by atoms with Gasteiger partial charge < -0.3 is 0 Å². The number of nitro groups is 1. The van der Waals surface area contributed by atoms with Gasteiger partial charge in [-0.15, -0.1) is 0 Å². The molecule has 4 rings (SSSR count). The SMILES string of the molecule is O=C(N/N=C\c1ccc(Cl)c([N+](=O)[O-])c1)[C@@H]1CC1(c1ccccc1)c1ccccc1. The van der Waals surface area contributed by atoms with Crippen molar-refractivity contribution in [2.24, 2.45) is 11.0 Å². The topological polar surface area (TPSA) is 84.6 Å². The van der Waals surface area contributed by atoms with E-state index in [1.807, 2.05) is 60.7 Å². The van der Waals surface area contributed by atoms with Crippen molar-refractivity contribution in [3.63, 3.8) is 0 Å². The molecule has 1 aliphatic carbocycles. The predicted octanol–water partition coefficient (Wildman–Crippen LogP) is 4.70. The minimum Gasteiger partial charge on any atom is -0.273 e. The quantitative estimate of drug-likeness (QED) is 0.357. The van der Waals surface area contributed by atoms with Gasteiger partial charge in [-0.25, -0.2) is 5.43 Å². The van der Waals surface area contributed by atoms with Crippen LogP contribution in [0.1, 0.15) is 23.1 Å². The van der Waals surface area contributed by atoms with Crippen LogP contribution in [0, 0.1) is 16.0 Å². The third-order valence-corrected chi connectivity index (χ3v) is 5.73. The highest BCUT2D eigenvalue weighted by Crippen LogP contribution is 2.58. The Hall–Kier alpha value is -3.51. The van der Waals surface area contributed by atoms with Crippen molar-refractivity contribution < 1.29 is 9.72 Å². The van der Waals surface area contributed by atoms with E-state index in [-0.39, 0.29) is 28.0 Å². The summed E-state index contributed by atoms with van der Waals surface area (Å²) in [4.78, 5) is 23.3. The zero-order valence-electron chi connectivity index (χ0n) is 15.9. The maximum absolute atomic E-state index is 12.8. The Labute approximate surface area is 178 Å². The number of carbonyl (C=O) groups is 1. The van der Waals surface area contributed by atoms with Crippen LogP contribution in [0.15, 0.2) is 84.0 Å². The molecule has 0 unspecified atom stereocenters. The Morgan fingerprint density at radius 1 is 1.07 bits per heavy atom. The maximum atomic E-state index is 12.8. The fourth-order valence-corrected chi connectivity index (χ4v) is 4.04. The lowest BCUT2D eigenvalue weighted by molar-refractivity contribution is -0.384. The lowest BCUT2D eigenvalue weighted by Gasteiger charge is -2.18. The molecule has 7 heteroatoms. The van der Waals surface area contributed by atoms with Gasteiger partial charge >= 0.3 is 0 Å². The van der Waals surface area contributed by atoms with Crippen molar-refractivity contribution in [2.75, 3.05) is 0 Å². The number of hydrogen-bond donors (Lipinski definition) is 1. The molecule has 0 bridgehead atoms. The molecule has 6 nitrogen and oxygen atoms in total. The first-order valence-corrected chi connectivity index (χ1v) is 9.78. The maximum Gasteiger partial charge on any atom is 0.288 e. The second kappa shape index (κ2) is 8.08. The molecule has 1 N–H and O–H groups in total. The third-order valence-electron chi connectivity index (χ3n) is 5.41. The molecule has 1 amide bonds. The molecule has 0 heterocycles. The molecule has 0 saturated heterocycles. The van der Waals surface area contributed by atoms with Crippen LogP contribution in [-0.4, -0.2) is 17.0 Å². The molecule has 1 saturated carbocycles. The number of carbonyl (C=O) groups excluding carboxylic acids is 1. The predicted molar refractivity (Wildman–Crippen MR) is 116 cm³/mol. The van der Waals surface area contributed by atoms with Gasteiger partial charge in [0.25, 0.3) is 5.69 Å². The van der Waals surface area contributed by atoms with E-state index < -0.39 is 4.92 Å². The third kappa shape index (κ3) is 3.69. The summed E-state index contributed by atoms with van der Waals surface area (Å²) >= 11 is 5.82. The zero-order valence-corrected chi connectivity index (χ0v) is 16.6. The molecule has 1 atom stereocenters. The lowest BCUT2D eigenvalue weighted by Crippen LogP contribution is -2.25. The van der Waals surface area contributed by atoms with E-state index >= 15 is 0 Å². The van der Waals surface area contributed by atoms with Crippen LogP contribution in [0.25, 0.3) is 0 Å². The van der Waals surface area contributed by atoms with Crippen molar-refractivity contribution in [3.8, 4) is 0 Å². The summed E-state index contributed by atoms with van der Waals surface area (Å²) in [5.41, 5.74) is 4.65. The number of nitrogens with one attached hydrogen (secondary N) is 1. The molecule has 0 radical (unpaired) electrons. The van der Waals surface area contributed by atoms with Crippen LogP contribution in [0.4, 0.5) is 5.69 Å². The molecule has 0 spiro atoms. The van der Waals surface area contributed by atoms with E-state index in [0.29, 0.717) is 12.0 Å². The first-order valence-electron chi connectivity index (χ1n) is 9.40. The van der Waals surface area contributed by atoms with Crippen LogP contribution >= 0.6 is 11.6 Å². The monoisotopic (exact) mass is 419 g/mol. The second-order valence-corrected chi connectivity index (χ2v) is 7.57. The molecule has 1 fully saturated rings. The number of benzene rings is 3. The molecule has 1 aliphatic rings. The van der Waals surface area contributed by atoms with Gasteiger partial charge in [-0.1, -0.05) is 78.3 Å². The number of amides is 1. The lowest BCUT2D eigenvalue weighted by atomic mass is 9.85. The van der Waals surface area contributed by atoms with Crippen LogP contribution in [0.3, 0.4) is 0 Å². The highest BCUT2D eigenvalue weighted by atomic mass is 35.5. The molecule has 30 heavy (non-hydrogen) atoms. The van der Waals surface area contributed by atoms with Gasteiger partial charge in [-0.3, -0.25) is 14.9 Å². The largest absolute Gasteiger partial charge is 0.288 e. The summed E-state index contributed by atoms with van der Waals surface area (Å²) in [6.45, 7) is 0. The van der Waals surface area contributed by atoms with Crippen molar-refractivity contribution in [3.05, 3.63) is 111 Å². The number of hydrogen-bond acceptors (Lipinski definition) is 4. The summed E-state index contributed by atoms with van der Waals surface area (Å²) in [7, 11) is 0. The van der Waals surface area contributed by atoms with Crippen LogP contribution < -0.4 is 5.43 Å². The molecule has 3 aromatic carbocycles. The van der Waals surface area contributed by atoms with Crippen molar-refractivity contribution >= 4 is 29.4 Å². The van der Waals surface area contributed by atoms with Gasteiger partial charge in [0.1, 0.15) is 5.02 Å². The zero-order chi connectivity index (χ0) is 21.1. The Kier molecular flexibility index (Phi) is 5.33.